The van der Waals surface area contributed by atoms with Gasteiger partial charge in [-0.05, 0) is 26.0 Å². The van der Waals surface area contributed by atoms with Gasteiger partial charge in [0, 0.05) is 47.2 Å². The van der Waals surface area contributed by atoms with Crippen LogP contribution in [0.2, 0.25) is 0 Å². The molecule has 0 aliphatic rings. The van der Waals surface area contributed by atoms with Crippen LogP contribution in [0.25, 0.3) is 33.2 Å². The van der Waals surface area contributed by atoms with Gasteiger partial charge in [-0.25, -0.2) is 14.8 Å². The minimum atomic E-state index is -4.60. The van der Waals surface area contributed by atoms with Crippen molar-refractivity contribution in [2.24, 2.45) is 0 Å². The van der Waals surface area contributed by atoms with Gasteiger partial charge in [0.05, 0.1) is 12.2 Å². The number of thiazole rings is 1. The lowest BCUT2D eigenvalue weighted by Gasteiger charge is -2.11. The Morgan fingerprint density at radius 3 is 2.63 bits per heavy atom. The third kappa shape index (κ3) is 5.54. The van der Waals surface area contributed by atoms with E-state index >= 15 is 0 Å². The minimum Gasteiger partial charge on any atom is -0.449 e. The fourth-order valence-corrected chi connectivity index (χ4v) is 3.85. The first-order valence-electron chi connectivity index (χ1n) is 10.3. The number of ether oxygens (including phenoxy) is 1. The quantitative estimate of drug-likeness (QED) is 0.364. The Balaban J connectivity index is 1.77. The van der Waals surface area contributed by atoms with Gasteiger partial charge in [-0.3, -0.25) is 10.3 Å². The van der Waals surface area contributed by atoms with Crippen molar-refractivity contribution in [3.05, 3.63) is 41.8 Å². The normalized spacial score (nSPS) is 11.3. The number of carbonyl (C=O) groups is 1. The highest BCUT2D eigenvalue weighted by Gasteiger charge is 2.34. The first-order valence-corrected chi connectivity index (χ1v) is 11.2. The van der Waals surface area contributed by atoms with Crippen molar-refractivity contribution in [1.29, 1.82) is 0 Å². The largest absolute Gasteiger partial charge is 0.449 e. The molecule has 0 bridgehead atoms. The van der Waals surface area contributed by atoms with Gasteiger partial charge >= 0.3 is 18.3 Å². The number of rotatable bonds is 7. The molecule has 4 aromatic heterocycles. The predicted molar refractivity (Wildman–Crippen MR) is 121 cm³/mol. The maximum atomic E-state index is 13.2. The summed E-state index contributed by atoms with van der Waals surface area (Å²) in [4.78, 5) is 24.1. The van der Waals surface area contributed by atoms with Crippen LogP contribution < -0.4 is 15.4 Å². The second-order valence-electron chi connectivity index (χ2n) is 6.90. The fraction of sp³-hybridized carbons (Fsp3) is 0.238. The average Bonchev–Trinajstić information content (AvgIpc) is 3.50. The monoisotopic (exact) mass is 505 g/mol. The first-order chi connectivity index (χ1) is 16.8. The molecule has 4 aromatic rings. The van der Waals surface area contributed by atoms with Crippen LogP contribution in [0, 0.1) is 0 Å². The fourth-order valence-electron chi connectivity index (χ4n) is 2.99. The van der Waals surface area contributed by atoms with Crippen molar-refractivity contribution in [3.63, 3.8) is 0 Å². The second-order valence-corrected chi connectivity index (χ2v) is 7.76. The molecule has 0 atom stereocenters. The van der Waals surface area contributed by atoms with Crippen molar-refractivity contribution >= 4 is 23.2 Å². The van der Waals surface area contributed by atoms with Crippen LogP contribution in [0.5, 0.6) is 6.08 Å². The zero-order valence-corrected chi connectivity index (χ0v) is 19.2. The van der Waals surface area contributed by atoms with E-state index in [0.29, 0.717) is 35.4 Å². The summed E-state index contributed by atoms with van der Waals surface area (Å²) in [6, 6.07) is 2.63. The molecule has 0 spiro atoms. The smallest absolute Gasteiger partial charge is 0.434 e. The van der Waals surface area contributed by atoms with Gasteiger partial charge in [-0.1, -0.05) is 5.10 Å². The number of pyridine rings is 2. The predicted octanol–water partition coefficient (Wildman–Crippen LogP) is 4.88. The van der Waals surface area contributed by atoms with Crippen molar-refractivity contribution in [2.75, 3.05) is 18.5 Å². The van der Waals surface area contributed by atoms with Crippen LogP contribution in [-0.4, -0.2) is 44.3 Å². The highest BCUT2D eigenvalue weighted by molar-refractivity contribution is 7.13. The molecular weight excluding hydrogens is 487 g/mol. The van der Waals surface area contributed by atoms with Gasteiger partial charge in [0.1, 0.15) is 10.8 Å². The number of hydrogen-bond acceptors (Lipinski definition) is 9. The van der Waals surface area contributed by atoms with E-state index in [1.54, 1.807) is 19.9 Å². The van der Waals surface area contributed by atoms with E-state index in [0.717, 1.165) is 16.7 Å². The first kappa shape index (κ1) is 24.1. The number of hydrogen-bond donors (Lipinski definition) is 2. The molecule has 2 amide bonds. The summed E-state index contributed by atoms with van der Waals surface area (Å²) in [5.74, 6) is 0.293. The summed E-state index contributed by atoms with van der Waals surface area (Å²) < 4.78 is 50.2. The molecule has 2 N–H and O–H groups in total. The summed E-state index contributed by atoms with van der Waals surface area (Å²) >= 11 is 0.821. The lowest BCUT2D eigenvalue weighted by molar-refractivity contribution is -0.140. The molecule has 4 heterocycles. The lowest BCUT2D eigenvalue weighted by Crippen LogP contribution is -2.28. The maximum absolute atomic E-state index is 13.2. The van der Waals surface area contributed by atoms with Crippen LogP contribution in [-0.2, 0) is 6.18 Å². The number of anilines is 1. The van der Waals surface area contributed by atoms with Gasteiger partial charge < -0.3 is 14.5 Å². The number of halogens is 3. The van der Waals surface area contributed by atoms with Gasteiger partial charge in [0.15, 0.2) is 5.69 Å². The Morgan fingerprint density at radius 1 is 1.11 bits per heavy atom. The Bertz CT molecular complexity index is 1340. The average molecular weight is 505 g/mol. The topological polar surface area (TPSA) is 128 Å². The number of aromatic nitrogens is 5. The van der Waals surface area contributed by atoms with Crippen LogP contribution >= 0.6 is 11.3 Å². The molecular formula is C21H18F3N7O3S. The zero-order valence-electron chi connectivity index (χ0n) is 18.4. The van der Waals surface area contributed by atoms with Gasteiger partial charge in [0.2, 0.25) is 0 Å². The number of urea groups is 1. The summed E-state index contributed by atoms with van der Waals surface area (Å²) in [6.45, 7) is 4.25. The van der Waals surface area contributed by atoms with Gasteiger partial charge in [-0.15, -0.1) is 16.4 Å². The van der Waals surface area contributed by atoms with Crippen LogP contribution in [0.4, 0.5) is 23.8 Å². The molecule has 4 rings (SSSR count). The highest BCUT2D eigenvalue weighted by Crippen LogP contribution is 2.39. The molecule has 0 aromatic carbocycles. The SMILES string of the molecule is CCNC(=O)Nc1cc(-c2nc(C(F)(F)F)cs2)c(-c2cncc(-c3nnc(OCC)o3)c2)cn1. The third-order valence-electron chi connectivity index (χ3n) is 4.48. The number of amides is 2. The van der Waals surface area contributed by atoms with Crippen LogP contribution in [0.1, 0.15) is 19.5 Å². The molecule has 0 radical (unpaired) electrons. The Hall–Kier alpha value is -4.07. The third-order valence-corrected chi connectivity index (χ3v) is 5.35. The summed E-state index contributed by atoms with van der Waals surface area (Å²) in [5, 5.41) is 13.9. The van der Waals surface area contributed by atoms with E-state index in [2.05, 4.69) is 35.8 Å². The molecule has 0 saturated heterocycles. The molecule has 0 unspecified atom stereocenters. The molecule has 35 heavy (non-hydrogen) atoms. The van der Waals surface area contributed by atoms with E-state index < -0.39 is 17.9 Å². The van der Waals surface area contributed by atoms with E-state index in [1.165, 1.54) is 24.7 Å². The van der Waals surface area contributed by atoms with Crippen molar-refractivity contribution < 1.29 is 27.1 Å². The Labute approximate surface area is 200 Å². The summed E-state index contributed by atoms with van der Waals surface area (Å²) in [5.41, 5.74) is 0.723. The van der Waals surface area contributed by atoms with Crippen molar-refractivity contribution in [1.82, 2.24) is 30.5 Å². The van der Waals surface area contributed by atoms with E-state index in [9.17, 15) is 18.0 Å². The molecule has 0 saturated carbocycles. The van der Waals surface area contributed by atoms with Crippen molar-refractivity contribution in [3.8, 4) is 39.2 Å². The van der Waals surface area contributed by atoms with Crippen molar-refractivity contribution in [2.45, 2.75) is 20.0 Å². The van der Waals surface area contributed by atoms with E-state index in [-0.39, 0.29) is 22.8 Å². The second kappa shape index (κ2) is 10.0. The number of nitrogens with one attached hydrogen (secondary N) is 2. The number of alkyl halides is 3. The van der Waals surface area contributed by atoms with Gasteiger partial charge in [-0.2, -0.15) is 13.2 Å². The molecule has 182 valence electrons. The summed E-state index contributed by atoms with van der Waals surface area (Å²) in [6.07, 6.45) is -0.166. The standard InChI is InChI=1S/C21H18F3N7O3S/c1-3-26-19(32)29-16-6-13(18-28-15(10-35-18)21(22,23)24)14(9-27-16)11-5-12(8-25-7-11)17-30-31-20(34-17)33-4-2/h5-10H,3-4H2,1-2H3,(H2,26,27,29,32). The lowest BCUT2D eigenvalue weighted by atomic mass is 10.0. The number of nitrogens with zero attached hydrogens (tertiary/aromatic N) is 5. The molecule has 10 nitrogen and oxygen atoms in total. The minimum absolute atomic E-state index is 0.00138. The summed E-state index contributed by atoms with van der Waals surface area (Å²) in [7, 11) is 0. The maximum Gasteiger partial charge on any atom is 0.434 e. The number of carbonyl (C=O) groups excluding carboxylic acids is 1. The molecule has 0 aliphatic heterocycles. The van der Waals surface area contributed by atoms with Crippen LogP contribution in [0.3, 0.4) is 0 Å². The molecule has 0 fully saturated rings. The van der Waals surface area contributed by atoms with E-state index in [4.69, 9.17) is 9.15 Å². The highest BCUT2D eigenvalue weighted by atomic mass is 32.1. The molecule has 14 heteroatoms. The Morgan fingerprint density at radius 2 is 1.91 bits per heavy atom. The zero-order chi connectivity index (χ0) is 25.0. The Kier molecular flexibility index (Phi) is 6.91. The van der Waals surface area contributed by atoms with E-state index in [1.807, 2.05) is 0 Å². The molecule has 0 aliphatic carbocycles. The van der Waals surface area contributed by atoms with Gasteiger partial charge in [0.25, 0.3) is 5.89 Å². The van der Waals surface area contributed by atoms with Crippen LogP contribution in [0.15, 0.2) is 40.5 Å².